The van der Waals surface area contributed by atoms with Gasteiger partial charge >= 0.3 is 0 Å². The largest absolute Gasteiger partial charge is 0.347 e. The third-order valence-corrected chi connectivity index (χ3v) is 5.13. The van der Waals surface area contributed by atoms with Crippen LogP contribution in [0.1, 0.15) is 48.8 Å². The molecule has 0 spiro atoms. The van der Waals surface area contributed by atoms with Crippen molar-refractivity contribution in [1.29, 1.82) is 0 Å². The van der Waals surface area contributed by atoms with E-state index in [-0.39, 0.29) is 41.6 Å². The smallest absolute Gasteiger partial charge is 0.274 e. The molecule has 0 aliphatic heterocycles. The highest BCUT2D eigenvalue weighted by atomic mass is 16.2. The van der Waals surface area contributed by atoms with Gasteiger partial charge < -0.3 is 10.6 Å². The Morgan fingerprint density at radius 1 is 1.10 bits per heavy atom. The fourth-order valence-electron chi connectivity index (χ4n) is 3.34. The molecule has 0 atom stereocenters. The van der Waals surface area contributed by atoms with Gasteiger partial charge in [0.2, 0.25) is 5.91 Å². The van der Waals surface area contributed by atoms with Crippen LogP contribution in [0.3, 0.4) is 0 Å². The molecule has 1 aliphatic carbocycles. The molecule has 0 saturated heterocycles. The van der Waals surface area contributed by atoms with Crippen molar-refractivity contribution in [2.24, 2.45) is 5.92 Å². The van der Waals surface area contributed by atoms with Crippen LogP contribution in [-0.4, -0.2) is 21.6 Å². The van der Waals surface area contributed by atoms with Gasteiger partial charge in [0.1, 0.15) is 0 Å². The van der Waals surface area contributed by atoms with Crippen LogP contribution in [-0.2, 0) is 11.3 Å². The van der Waals surface area contributed by atoms with E-state index in [2.05, 4.69) is 15.7 Å². The van der Waals surface area contributed by atoms with Crippen LogP contribution in [0, 0.1) is 5.92 Å². The van der Waals surface area contributed by atoms with E-state index in [4.69, 9.17) is 0 Å². The van der Waals surface area contributed by atoms with Crippen LogP contribution in [0.2, 0.25) is 0 Å². The van der Waals surface area contributed by atoms with Crippen LogP contribution >= 0.6 is 0 Å². The first-order chi connectivity index (χ1) is 14.4. The number of anilines is 1. The van der Waals surface area contributed by atoms with Crippen molar-refractivity contribution in [2.75, 3.05) is 5.32 Å². The SMILES string of the molecule is CC(C)n1nc(C(=O)NCc2cccc(NC(=O)C3CC3)c2)c2ccccc2c1=O. The summed E-state index contributed by atoms with van der Waals surface area (Å²) in [6.07, 6.45) is 1.89. The topological polar surface area (TPSA) is 93.1 Å². The molecule has 2 amide bonds. The fraction of sp³-hybridized carbons (Fsp3) is 0.304. The molecule has 0 radical (unpaired) electrons. The molecule has 30 heavy (non-hydrogen) atoms. The van der Waals surface area contributed by atoms with Crippen LogP contribution in [0.25, 0.3) is 10.8 Å². The summed E-state index contributed by atoms with van der Waals surface area (Å²) in [6.45, 7) is 3.99. The van der Waals surface area contributed by atoms with E-state index in [0.717, 1.165) is 24.1 Å². The zero-order valence-corrected chi connectivity index (χ0v) is 17.0. The molecule has 0 unspecified atom stereocenters. The number of nitrogens with zero attached hydrogens (tertiary/aromatic N) is 2. The quantitative estimate of drug-likeness (QED) is 0.660. The van der Waals surface area contributed by atoms with Crippen LogP contribution in [0.5, 0.6) is 0 Å². The Morgan fingerprint density at radius 2 is 1.83 bits per heavy atom. The third kappa shape index (κ3) is 4.10. The highest BCUT2D eigenvalue weighted by Crippen LogP contribution is 2.30. The number of hydrogen-bond acceptors (Lipinski definition) is 4. The third-order valence-electron chi connectivity index (χ3n) is 5.13. The minimum absolute atomic E-state index is 0.0443. The molecule has 2 aromatic carbocycles. The average Bonchev–Trinajstić information content (AvgIpc) is 3.58. The lowest BCUT2D eigenvalue weighted by Gasteiger charge is -2.13. The van der Waals surface area contributed by atoms with Gasteiger partial charge in [-0.05, 0) is 50.5 Å². The summed E-state index contributed by atoms with van der Waals surface area (Å²) >= 11 is 0. The van der Waals surface area contributed by atoms with Crippen molar-refractivity contribution >= 4 is 28.3 Å². The van der Waals surface area contributed by atoms with Crippen molar-refractivity contribution in [3.8, 4) is 0 Å². The summed E-state index contributed by atoms with van der Waals surface area (Å²) in [5.41, 5.74) is 1.59. The average molecular weight is 404 g/mol. The standard InChI is InChI=1S/C23H24N4O3/c1-14(2)27-23(30)19-9-4-3-8-18(19)20(26-27)22(29)24-13-15-6-5-7-17(12-15)25-21(28)16-10-11-16/h3-9,12,14,16H,10-11,13H2,1-2H3,(H,24,29)(H,25,28). The first-order valence-corrected chi connectivity index (χ1v) is 10.1. The van der Waals surface area contributed by atoms with Gasteiger partial charge in [0, 0.05) is 23.5 Å². The molecule has 1 aromatic heterocycles. The number of hydrogen-bond donors (Lipinski definition) is 2. The van der Waals surface area contributed by atoms with E-state index < -0.39 is 0 Å². The number of benzene rings is 2. The Kier molecular flexibility index (Phi) is 5.35. The molecular formula is C23H24N4O3. The van der Waals surface area contributed by atoms with Gasteiger partial charge in [0.15, 0.2) is 5.69 Å². The summed E-state index contributed by atoms with van der Waals surface area (Å²) in [4.78, 5) is 37.5. The second-order valence-corrected chi connectivity index (χ2v) is 7.88. The molecule has 7 heteroatoms. The van der Waals surface area contributed by atoms with Gasteiger partial charge in [-0.25, -0.2) is 4.68 Å². The molecule has 1 saturated carbocycles. The number of amides is 2. The molecule has 1 heterocycles. The molecule has 3 aromatic rings. The lowest BCUT2D eigenvalue weighted by Crippen LogP contribution is -2.31. The van der Waals surface area contributed by atoms with Gasteiger partial charge in [-0.1, -0.05) is 30.3 Å². The molecule has 4 rings (SSSR count). The van der Waals surface area contributed by atoms with Gasteiger partial charge in [0.05, 0.1) is 11.4 Å². The van der Waals surface area contributed by atoms with E-state index in [1.165, 1.54) is 4.68 Å². The Morgan fingerprint density at radius 3 is 2.53 bits per heavy atom. The molecule has 2 N–H and O–H groups in total. The second-order valence-electron chi connectivity index (χ2n) is 7.88. The first kappa shape index (κ1) is 19.8. The molecule has 154 valence electrons. The molecule has 0 bridgehead atoms. The van der Waals surface area contributed by atoms with E-state index in [1.54, 1.807) is 24.3 Å². The van der Waals surface area contributed by atoms with Crippen molar-refractivity contribution in [3.63, 3.8) is 0 Å². The number of rotatable bonds is 6. The zero-order chi connectivity index (χ0) is 21.3. The normalized spacial score (nSPS) is 13.4. The molecular weight excluding hydrogens is 380 g/mol. The first-order valence-electron chi connectivity index (χ1n) is 10.1. The minimum Gasteiger partial charge on any atom is -0.347 e. The second kappa shape index (κ2) is 8.10. The summed E-state index contributed by atoms with van der Waals surface area (Å²) in [5.74, 6) is -0.180. The van der Waals surface area contributed by atoms with Crippen LogP contribution in [0.4, 0.5) is 5.69 Å². The van der Waals surface area contributed by atoms with E-state index in [9.17, 15) is 14.4 Å². The Balaban J connectivity index is 1.55. The Bertz CT molecular complexity index is 1180. The molecule has 7 nitrogen and oxygen atoms in total. The minimum atomic E-state index is -0.354. The van der Waals surface area contributed by atoms with Crippen molar-refractivity contribution in [2.45, 2.75) is 39.3 Å². The maximum Gasteiger partial charge on any atom is 0.274 e. The summed E-state index contributed by atoms with van der Waals surface area (Å²) in [5, 5.41) is 11.1. The van der Waals surface area contributed by atoms with Gasteiger partial charge in [-0.2, -0.15) is 5.10 Å². The Labute approximate surface area is 174 Å². The fourth-order valence-corrected chi connectivity index (χ4v) is 3.34. The highest BCUT2D eigenvalue weighted by molar-refractivity contribution is 6.04. The number of carbonyl (C=O) groups is 2. The lowest BCUT2D eigenvalue weighted by atomic mass is 10.1. The van der Waals surface area contributed by atoms with E-state index in [1.807, 2.05) is 38.1 Å². The van der Waals surface area contributed by atoms with Crippen LogP contribution < -0.4 is 16.2 Å². The lowest BCUT2D eigenvalue weighted by molar-refractivity contribution is -0.117. The maximum atomic E-state index is 12.9. The monoisotopic (exact) mass is 404 g/mol. The Hall–Kier alpha value is -3.48. The van der Waals surface area contributed by atoms with Gasteiger partial charge in [-0.3, -0.25) is 14.4 Å². The van der Waals surface area contributed by atoms with Gasteiger partial charge in [0.25, 0.3) is 11.5 Å². The maximum absolute atomic E-state index is 12.9. The van der Waals surface area contributed by atoms with Crippen molar-refractivity contribution in [3.05, 3.63) is 70.1 Å². The zero-order valence-electron chi connectivity index (χ0n) is 17.0. The van der Waals surface area contributed by atoms with Crippen molar-refractivity contribution < 1.29 is 9.59 Å². The number of nitrogens with one attached hydrogen (secondary N) is 2. The number of aromatic nitrogens is 2. The van der Waals surface area contributed by atoms with E-state index >= 15 is 0 Å². The predicted molar refractivity (Wildman–Crippen MR) is 115 cm³/mol. The van der Waals surface area contributed by atoms with Crippen LogP contribution in [0.15, 0.2) is 53.3 Å². The summed E-state index contributed by atoms with van der Waals surface area (Å²) < 4.78 is 1.34. The van der Waals surface area contributed by atoms with Gasteiger partial charge in [-0.15, -0.1) is 0 Å². The molecule has 1 fully saturated rings. The summed E-state index contributed by atoms with van der Waals surface area (Å²) in [6, 6.07) is 14.2. The predicted octanol–water partition coefficient (Wildman–Crippen LogP) is 3.26. The number of fused-ring (bicyclic) bond motifs is 1. The van der Waals surface area contributed by atoms with E-state index in [0.29, 0.717) is 10.8 Å². The summed E-state index contributed by atoms with van der Waals surface area (Å²) in [7, 11) is 0. The van der Waals surface area contributed by atoms with Crippen molar-refractivity contribution in [1.82, 2.24) is 15.1 Å². The molecule has 1 aliphatic rings. The number of carbonyl (C=O) groups excluding carboxylic acids is 2. The highest BCUT2D eigenvalue weighted by Gasteiger charge is 2.29.